The number of nitrogens with one attached hydrogen (secondary N) is 4. The third-order valence-electron chi connectivity index (χ3n) is 9.03. The van der Waals surface area contributed by atoms with E-state index in [1.807, 2.05) is 83.1 Å². The molecule has 1 unspecified atom stereocenters. The largest absolute Gasteiger partial charge is 0.463 e. The number of carbonyl (C=O) groups is 5. The van der Waals surface area contributed by atoms with E-state index in [0.29, 0.717) is 13.0 Å². The predicted octanol–water partition coefficient (Wildman–Crippen LogP) is 4.76. The summed E-state index contributed by atoms with van der Waals surface area (Å²) in [5.74, 6) is -2.33. The van der Waals surface area contributed by atoms with Gasteiger partial charge in [0.25, 0.3) is 0 Å². The SMILES string of the molecule is CCOC(=O)/C=C/[C@H](C[C@@H]1CCNC1=O)NC(=O)[C@H](CC(C)C)NC(=O)[C@@H](NC(=O)OCC1c2ccccc2-c2ccccc21)C(C)OC(C)(C)C. The van der Waals surface area contributed by atoms with Crippen LogP contribution in [0.2, 0.25) is 0 Å². The van der Waals surface area contributed by atoms with Crippen molar-refractivity contribution < 1.29 is 38.2 Å². The van der Waals surface area contributed by atoms with Gasteiger partial charge in [0.1, 0.15) is 18.7 Å². The standard InChI is InChI=1S/C40H54N4O8/c1-8-50-34(45)18-17-27(22-26-19-20-41-36(26)46)42-37(47)33(21-24(2)3)43-38(48)35(25(4)52-40(5,6)7)44-39(49)51-23-32-30-15-11-9-13-28(30)29-14-10-12-16-31(29)32/h9-18,24-27,32-33,35H,8,19-23H2,1-7H3,(H,41,46)(H,42,47)(H,43,48)(H,44,49)/b18-17+/t25?,26-,27+,33-,35-/m0/s1. The molecule has 2 aromatic rings. The van der Waals surface area contributed by atoms with E-state index in [9.17, 15) is 24.0 Å². The monoisotopic (exact) mass is 718 g/mol. The van der Waals surface area contributed by atoms with Crippen molar-refractivity contribution >= 4 is 29.8 Å². The quantitative estimate of drug-likeness (QED) is 0.143. The molecular weight excluding hydrogens is 664 g/mol. The van der Waals surface area contributed by atoms with E-state index >= 15 is 0 Å². The number of benzene rings is 2. The minimum atomic E-state index is -1.21. The number of alkyl carbamates (subject to hydrolysis) is 1. The first-order valence-corrected chi connectivity index (χ1v) is 18.2. The van der Waals surface area contributed by atoms with E-state index in [1.165, 1.54) is 12.2 Å². The Hall–Kier alpha value is -4.71. The molecule has 1 saturated heterocycles. The van der Waals surface area contributed by atoms with Crippen LogP contribution in [0, 0.1) is 11.8 Å². The maximum absolute atomic E-state index is 14.0. The summed E-state index contributed by atoms with van der Waals surface area (Å²) in [6.07, 6.45) is 2.28. The van der Waals surface area contributed by atoms with Crippen molar-refractivity contribution in [3.63, 3.8) is 0 Å². The zero-order valence-corrected chi connectivity index (χ0v) is 31.3. The third-order valence-corrected chi connectivity index (χ3v) is 9.03. The van der Waals surface area contributed by atoms with Gasteiger partial charge in [-0.15, -0.1) is 0 Å². The van der Waals surface area contributed by atoms with E-state index in [2.05, 4.69) is 21.3 Å². The maximum Gasteiger partial charge on any atom is 0.407 e. The fourth-order valence-corrected chi connectivity index (χ4v) is 6.78. The van der Waals surface area contributed by atoms with Gasteiger partial charge in [-0.2, -0.15) is 0 Å². The van der Waals surface area contributed by atoms with Crippen molar-refractivity contribution in [2.24, 2.45) is 11.8 Å². The Labute approximate surface area is 306 Å². The number of hydrogen-bond donors (Lipinski definition) is 4. The van der Waals surface area contributed by atoms with Crippen LogP contribution in [0.15, 0.2) is 60.7 Å². The molecule has 12 heteroatoms. The van der Waals surface area contributed by atoms with E-state index in [-0.39, 0.29) is 49.7 Å². The van der Waals surface area contributed by atoms with E-state index in [1.54, 1.807) is 13.8 Å². The molecule has 1 aliphatic heterocycles. The minimum Gasteiger partial charge on any atom is -0.463 e. The normalized spacial score (nSPS) is 17.8. The molecule has 1 heterocycles. The Kier molecular flexibility index (Phi) is 14.0. The molecule has 0 aromatic heterocycles. The first-order valence-electron chi connectivity index (χ1n) is 18.2. The highest BCUT2D eigenvalue weighted by molar-refractivity contribution is 5.92. The second kappa shape index (κ2) is 18.2. The van der Waals surface area contributed by atoms with E-state index in [4.69, 9.17) is 14.2 Å². The molecule has 282 valence electrons. The lowest BCUT2D eigenvalue weighted by Gasteiger charge is -2.32. The van der Waals surface area contributed by atoms with Crippen LogP contribution < -0.4 is 21.3 Å². The average molecular weight is 719 g/mol. The number of hydrogen-bond acceptors (Lipinski definition) is 8. The lowest BCUT2D eigenvalue weighted by Crippen LogP contribution is -2.59. The van der Waals surface area contributed by atoms with Gasteiger partial charge in [-0.3, -0.25) is 14.4 Å². The second-order valence-corrected chi connectivity index (χ2v) is 14.8. The zero-order valence-electron chi connectivity index (χ0n) is 31.3. The molecule has 4 amide bonds. The fraction of sp³-hybridized carbons (Fsp3) is 0.525. The number of esters is 1. The summed E-state index contributed by atoms with van der Waals surface area (Å²) in [7, 11) is 0. The zero-order chi connectivity index (χ0) is 38.0. The molecule has 0 radical (unpaired) electrons. The Balaban J connectivity index is 1.49. The van der Waals surface area contributed by atoms with Gasteiger partial charge in [0, 0.05) is 30.5 Å². The molecule has 0 spiro atoms. The number of ether oxygens (including phenoxy) is 3. The summed E-state index contributed by atoms with van der Waals surface area (Å²) in [6.45, 7) is 13.5. The highest BCUT2D eigenvalue weighted by Crippen LogP contribution is 2.44. The van der Waals surface area contributed by atoms with Crippen LogP contribution in [0.1, 0.15) is 84.8 Å². The van der Waals surface area contributed by atoms with Gasteiger partial charge in [0.15, 0.2) is 0 Å². The fourth-order valence-electron chi connectivity index (χ4n) is 6.78. The van der Waals surface area contributed by atoms with Gasteiger partial charge < -0.3 is 35.5 Å². The van der Waals surface area contributed by atoms with Gasteiger partial charge in [-0.05, 0) is 82.1 Å². The van der Waals surface area contributed by atoms with E-state index < -0.39 is 53.7 Å². The Bertz CT molecular complexity index is 1570. The third kappa shape index (κ3) is 11.1. The lowest BCUT2D eigenvalue weighted by molar-refractivity contribution is -0.137. The van der Waals surface area contributed by atoms with Crippen LogP contribution in [0.4, 0.5) is 4.79 Å². The van der Waals surface area contributed by atoms with Gasteiger partial charge in [-0.25, -0.2) is 9.59 Å². The van der Waals surface area contributed by atoms with Crippen LogP contribution in [0.3, 0.4) is 0 Å². The minimum absolute atomic E-state index is 0.00183. The molecular formula is C40H54N4O8. The van der Waals surface area contributed by atoms with Crippen molar-refractivity contribution in [2.75, 3.05) is 19.8 Å². The molecule has 4 rings (SSSR count). The van der Waals surface area contributed by atoms with Crippen LogP contribution in [0.25, 0.3) is 11.1 Å². The van der Waals surface area contributed by atoms with Gasteiger partial charge in [0.2, 0.25) is 17.7 Å². The van der Waals surface area contributed by atoms with Gasteiger partial charge in [0.05, 0.1) is 18.3 Å². The number of fused-ring (bicyclic) bond motifs is 3. The summed E-state index contributed by atoms with van der Waals surface area (Å²) in [5.41, 5.74) is 3.65. The second-order valence-electron chi connectivity index (χ2n) is 14.8. The van der Waals surface area contributed by atoms with Crippen molar-refractivity contribution in [2.45, 2.75) is 103 Å². The molecule has 0 bridgehead atoms. The smallest absolute Gasteiger partial charge is 0.407 e. The van der Waals surface area contributed by atoms with Gasteiger partial charge in [-0.1, -0.05) is 68.5 Å². The topological polar surface area (TPSA) is 161 Å². The maximum atomic E-state index is 14.0. The summed E-state index contributed by atoms with van der Waals surface area (Å²) < 4.78 is 16.9. The number of amides is 4. The molecule has 4 N–H and O–H groups in total. The lowest BCUT2D eigenvalue weighted by atomic mass is 9.96. The molecule has 12 nitrogen and oxygen atoms in total. The average Bonchev–Trinajstić information content (AvgIpc) is 3.63. The molecule has 1 aliphatic carbocycles. The molecule has 2 aliphatic rings. The summed E-state index contributed by atoms with van der Waals surface area (Å²) >= 11 is 0. The Morgan fingerprint density at radius 3 is 2.10 bits per heavy atom. The van der Waals surface area contributed by atoms with E-state index in [0.717, 1.165) is 22.3 Å². The highest BCUT2D eigenvalue weighted by Gasteiger charge is 2.36. The van der Waals surface area contributed by atoms with Crippen molar-refractivity contribution in [1.29, 1.82) is 0 Å². The Morgan fingerprint density at radius 1 is 0.904 bits per heavy atom. The molecule has 2 aromatic carbocycles. The first kappa shape index (κ1) is 40.1. The number of carbonyl (C=O) groups excluding carboxylic acids is 5. The van der Waals surface area contributed by atoms with Crippen LogP contribution in [-0.2, 0) is 33.4 Å². The molecule has 1 fully saturated rings. The van der Waals surface area contributed by atoms with Crippen molar-refractivity contribution in [1.82, 2.24) is 21.3 Å². The van der Waals surface area contributed by atoms with Crippen molar-refractivity contribution in [3.05, 3.63) is 71.8 Å². The molecule has 52 heavy (non-hydrogen) atoms. The van der Waals surface area contributed by atoms with Gasteiger partial charge >= 0.3 is 12.1 Å². The summed E-state index contributed by atoms with van der Waals surface area (Å²) in [4.78, 5) is 65.7. The Morgan fingerprint density at radius 2 is 1.54 bits per heavy atom. The highest BCUT2D eigenvalue weighted by atomic mass is 16.6. The predicted molar refractivity (Wildman–Crippen MR) is 197 cm³/mol. The summed E-state index contributed by atoms with van der Waals surface area (Å²) in [6, 6.07) is 13.1. The summed E-state index contributed by atoms with van der Waals surface area (Å²) in [5, 5.41) is 11.3. The van der Waals surface area contributed by atoms with Crippen molar-refractivity contribution in [3.8, 4) is 11.1 Å². The van der Waals surface area contributed by atoms with Crippen LogP contribution >= 0.6 is 0 Å². The first-order chi connectivity index (χ1) is 24.7. The molecule has 0 saturated carbocycles. The van der Waals surface area contributed by atoms with Crippen LogP contribution in [-0.4, -0.2) is 79.4 Å². The molecule has 5 atom stereocenters. The number of rotatable bonds is 16. The van der Waals surface area contributed by atoms with Crippen LogP contribution in [0.5, 0.6) is 0 Å².